The Hall–Kier alpha value is -1.91. The van der Waals surface area contributed by atoms with Crippen molar-refractivity contribution in [3.05, 3.63) is 41.0 Å². The lowest BCUT2D eigenvalue weighted by atomic mass is 10.1. The topological polar surface area (TPSA) is 34.1 Å². The number of halogens is 3. The van der Waals surface area contributed by atoms with Crippen LogP contribution in [-0.4, -0.2) is 12.6 Å². The van der Waals surface area contributed by atoms with Gasteiger partial charge in [-0.2, -0.15) is 13.2 Å². The number of rotatable bonds is 4. The predicted molar refractivity (Wildman–Crippen MR) is 56.5 cm³/mol. The van der Waals surface area contributed by atoms with Crippen molar-refractivity contribution in [3.8, 4) is 0 Å². The molecular formula is C12H9F3O2. The van der Waals surface area contributed by atoms with E-state index in [4.69, 9.17) is 0 Å². The van der Waals surface area contributed by atoms with E-state index >= 15 is 0 Å². The fourth-order valence-corrected chi connectivity index (χ4v) is 1.26. The lowest BCUT2D eigenvalue weighted by molar-refractivity contribution is -0.137. The SMILES string of the molecule is O=CCC=Cc1cc(C=O)cc(C(F)(F)F)c1. The molecule has 0 aromatic heterocycles. The molecule has 0 amide bonds. The minimum Gasteiger partial charge on any atom is -0.303 e. The van der Waals surface area contributed by atoms with Gasteiger partial charge in [0.05, 0.1) is 5.56 Å². The molecule has 0 fully saturated rings. The zero-order chi connectivity index (χ0) is 12.9. The zero-order valence-corrected chi connectivity index (χ0v) is 8.70. The molecule has 0 bridgehead atoms. The molecule has 0 radical (unpaired) electrons. The average molecular weight is 242 g/mol. The minimum atomic E-state index is -4.49. The normalized spacial score (nSPS) is 11.7. The van der Waals surface area contributed by atoms with E-state index in [-0.39, 0.29) is 17.5 Å². The molecule has 0 N–H and O–H groups in total. The van der Waals surface area contributed by atoms with Gasteiger partial charge in [-0.15, -0.1) is 0 Å². The molecule has 90 valence electrons. The van der Waals surface area contributed by atoms with Gasteiger partial charge in [0.1, 0.15) is 12.6 Å². The number of carbonyl (C=O) groups excluding carboxylic acids is 2. The van der Waals surface area contributed by atoms with Crippen LogP contribution in [-0.2, 0) is 11.0 Å². The highest BCUT2D eigenvalue weighted by Crippen LogP contribution is 2.30. The van der Waals surface area contributed by atoms with E-state index < -0.39 is 11.7 Å². The minimum absolute atomic E-state index is 0.0504. The first-order chi connectivity index (χ1) is 7.97. The maximum Gasteiger partial charge on any atom is 0.416 e. The van der Waals surface area contributed by atoms with Crippen LogP contribution in [0.3, 0.4) is 0 Å². The molecule has 5 heteroatoms. The lowest BCUT2D eigenvalue weighted by Crippen LogP contribution is -2.06. The summed E-state index contributed by atoms with van der Waals surface area (Å²) in [7, 11) is 0. The third-order valence-corrected chi connectivity index (χ3v) is 1.98. The summed E-state index contributed by atoms with van der Waals surface area (Å²) in [6.07, 6.45) is -0.594. The second-order valence-electron chi connectivity index (χ2n) is 3.31. The Bertz CT molecular complexity index is 448. The van der Waals surface area contributed by atoms with Gasteiger partial charge >= 0.3 is 6.18 Å². The number of hydrogen-bond acceptors (Lipinski definition) is 2. The average Bonchev–Trinajstić information content (AvgIpc) is 2.28. The van der Waals surface area contributed by atoms with E-state index in [9.17, 15) is 22.8 Å². The molecule has 0 saturated carbocycles. The molecule has 0 aliphatic rings. The van der Waals surface area contributed by atoms with Crippen molar-refractivity contribution in [3.63, 3.8) is 0 Å². The summed E-state index contributed by atoms with van der Waals surface area (Å²) in [6.45, 7) is 0. The molecule has 1 aromatic rings. The van der Waals surface area contributed by atoms with Gasteiger partial charge in [0.25, 0.3) is 0 Å². The van der Waals surface area contributed by atoms with Gasteiger partial charge in [0.15, 0.2) is 0 Å². The highest BCUT2D eigenvalue weighted by Gasteiger charge is 2.30. The van der Waals surface area contributed by atoms with Gasteiger partial charge in [-0.05, 0) is 23.8 Å². The maximum atomic E-state index is 12.5. The van der Waals surface area contributed by atoms with Gasteiger partial charge in [0.2, 0.25) is 0 Å². The fraction of sp³-hybridized carbons (Fsp3) is 0.167. The standard InChI is InChI=1S/C12H9F3O2/c13-12(14,15)11-6-9(3-1-2-4-16)5-10(7-11)8-17/h1,3-8H,2H2. The summed E-state index contributed by atoms with van der Waals surface area (Å²) < 4.78 is 37.4. The molecule has 0 unspecified atom stereocenters. The van der Waals surface area contributed by atoms with E-state index in [1.165, 1.54) is 18.2 Å². The zero-order valence-electron chi connectivity index (χ0n) is 8.70. The molecule has 0 aliphatic heterocycles. The van der Waals surface area contributed by atoms with Crippen molar-refractivity contribution in [2.75, 3.05) is 0 Å². The summed E-state index contributed by atoms with van der Waals surface area (Å²) in [4.78, 5) is 20.6. The van der Waals surface area contributed by atoms with Crippen LogP contribution in [0.15, 0.2) is 24.3 Å². The van der Waals surface area contributed by atoms with Crippen LogP contribution in [0.1, 0.15) is 27.9 Å². The van der Waals surface area contributed by atoms with Crippen molar-refractivity contribution in [1.82, 2.24) is 0 Å². The molecule has 0 spiro atoms. The van der Waals surface area contributed by atoms with E-state index in [1.807, 2.05) is 0 Å². The summed E-state index contributed by atoms with van der Waals surface area (Å²) in [5.41, 5.74) is -0.692. The highest BCUT2D eigenvalue weighted by atomic mass is 19.4. The fourth-order valence-electron chi connectivity index (χ4n) is 1.26. The van der Waals surface area contributed by atoms with Crippen LogP contribution >= 0.6 is 0 Å². The van der Waals surface area contributed by atoms with Crippen molar-refractivity contribution in [1.29, 1.82) is 0 Å². The molecule has 1 rings (SSSR count). The molecule has 1 aromatic carbocycles. The molecule has 17 heavy (non-hydrogen) atoms. The van der Waals surface area contributed by atoms with E-state index in [1.54, 1.807) is 0 Å². The predicted octanol–water partition coefficient (Wildman–Crippen LogP) is 3.12. The molecule has 0 saturated heterocycles. The van der Waals surface area contributed by atoms with Crippen LogP contribution < -0.4 is 0 Å². The summed E-state index contributed by atoms with van der Waals surface area (Å²) in [6, 6.07) is 3.03. The second kappa shape index (κ2) is 5.43. The summed E-state index contributed by atoms with van der Waals surface area (Å²) >= 11 is 0. The van der Waals surface area contributed by atoms with Crippen LogP contribution in [0, 0.1) is 0 Å². The first-order valence-corrected chi connectivity index (χ1v) is 4.75. The Morgan fingerprint density at radius 2 is 1.71 bits per heavy atom. The van der Waals surface area contributed by atoms with Crippen LogP contribution in [0.25, 0.3) is 6.08 Å². The van der Waals surface area contributed by atoms with Gasteiger partial charge in [-0.1, -0.05) is 12.2 Å². The van der Waals surface area contributed by atoms with Crippen LogP contribution in [0.5, 0.6) is 0 Å². The molecule has 0 aliphatic carbocycles. The van der Waals surface area contributed by atoms with Crippen LogP contribution in [0.2, 0.25) is 0 Å². The van der Waals surface area contributed by atoms with E-state index in [0.717, 1.165) is 12.1 Å². The third-order valence-electron chi connectivity index (χ3n) is 1.98. The van der Waals surface area contributed by atoms with Gasteiger partial charge in [-0.3, -0.25) is 4.79 Å². The van der Waals surface area contributed by atoms with Crippen molar-refractivity contribution in [2.45, 2.75) is 12.6 Å². The van der Waals surface area contributed by atoms with Gasteiger partial charge in [0, 0.05) is 12.0 Å². The number of alkyl halides is 3. The Kier molecular flexibility index (Phi) is 4.20. The number of carbonyl (C=O) groups is 2. The van der Waals surface area contributed by atoms with Crippen molar-refractivity contribution in [2.24, 2.45) is 0 Å². The number of aldehydes is 2. The second-order valence-corrected chi connectivity index (χ2v) is 3.31. The maximum absolute atomic E-state index is 12.5. The smallest absolute Gasteiger partial charge is 0.303 e. The molecule has 0 atom stereocenters. The Labute approximate surface area is 95.8 Å². The van der Waals surface area contributed by atoms with Gasteiger partial charge < -0.3 is 4.79 Å². The van der Waals surface area contributed by atoms with Crippen molar-refractivity contribution < 1.29 is 22.8 Å². The van der Waals surface area contributed by atoms with E-state index in [0.29, 0.717) is 12.6 Å². The first-order valence-electron chi connectivity index (χ1n) is 4.75. The van der Waals surface area contributed by atoms with Crippen LogP contribution in [0.4, 0.5) is 13.2 Å². The third kappa shape index (κ3) is 3.86. The first kappa shape index (κ1) is 13.2. The van der Waals surface area contributed by atoms with Gasteiger partial charge in [-0.25, -0.2) is 0 Å². The highest BCUT2D eigenvalue weighted by molar-refractivity contribution is 5.77. The summed E-state index contributed by atoms with van der Waals surface area (Å²) in [5, 5.41) is 0. The summed E-state index contributed by atoms with van der Waals surface area (Å²) in [5.74, 6) is 0. The molecular weight excluding hydrogens is 233 g/mol. The van der Waals surface area contributed by atoms with Crippen molar-refractivity contribution >= 4 is 18.6 Å². The molecule has 2 nitrogen and oxygen atoms in total. The Morgan fingerprint density at radius 3 is 2.24 bits per heavy atom. The Morgan fingerprint density at radius 1 is 1.06 bits per heavy atom. The molecule has 0 heterocycles. The lowest BCUT2D eigenvalue weighted by Gasteiger charge is -2.08. The largest absolute Gasteiger partial charge is 0.416 e. The Balaban J connectivity index is 3.14. The monoisotopic (exact) mass is 242 g/mol. The number of allylic oxidation sites excluding steroid dienone is 1. The quantitative estimate of drug-likeness (QED) is 0.760. The number of hydrogen-bond donors (Lipinski definition) is 0. The van der Waals surface area contributed by atoms with E-state index in [2.05, 4.69) is 0 Å². The number of benzene rings is 1.